The summed E-state index contributed by atoms with van der Waals surface area (Å²) >= 11 is 0. The molecule has 0 spiro atoms. The standard InChI is InChI=1S/C15H17F3N2/c1-14(2,3)11-8-9-7-10(15(16,17)18)5-6-12(9)20-13(11)19-4/h5-8H,1-4H3,(H,19,20). The van der Waals surface area contributed by atoms with Crippen molar-refractivity contribution < 1.29 is 13.2 Å². The molecular weight excluding hydrogens is 265 g/mol. The second-order valence-corrected chi connectivity index (χ2v) is 5.79. The Labute approximate surface area is 116 Å². The second kappa shape index (κ2) is 4.65. The minimum atomic E-state index is -4.34. The molecular formula is C15H17F3N2. The van der Waals surface area contributed by atoms with Crippen molar-refractivity contribution in [2.45, 2.75) is 32.4 Å². The van der Waals surface area contributed by atoms with Crippen LogP contribution in [0.5, 0.6) is 0 Å². The van der Waals surface area contributed by atoms with E-state index in [1.807, 2.05) is 20.8 Å². The van der Waals surface area contributed by atoms with Gasteiger partial charge in [0.1, 0.15) is 5.82 Å². The monoisotopic (exact) mass is 282 g/mol. The molecule has 0 aliphatic heterocycles. The van der Waals surface area contributed by atoms with Crippen LogP contribution in [-0.2, 0) is 11.6 Å². The number of hydrogen-bond acceptors (Lipinski definition) is 2. The lowest BCUT2D eigenvalue weighted by Crippen LogP contribution is -2.15. The molecule has 0 saturated heterocycles. The number of benzene rings is 1. The van der Waals surface area contributed by atoms with E-state index >= 15 is 0 Å². The summed E-state index contributed by atoms with van der Waals surface area (Å²) in [6.07, 6.45) is -4.34. The number of pyridine rings is 1. The largest absolute Gasteiger partial charge is 0.416 e. The molecule has 0 radical (unpaired) electrons. The Kier molecular flexibility index (Phi) is 3.40. The van der Waals surface area contributed by atoms with Gasteiger partial charge in [-0.15, -0.1) is 0 Å². The topological polar surface area (TPSA) is 24.9 Å². The van der Waals surface area contributed by atoms with Crippen LogP contribution in [0.3, 0.4) is 0 Å². The van der Waals surface area contributed by atoms with E-state index in [1.165, 1.54) is 6.07 Å². The number of nitrogens with one attached hydrogen (secondary N) is 1. The third kappa shape index (κ3) is 2.71. The average molecular weight is 282 g/mol. The van der Waals surface area contributed by atoms with Gasteiger partial charge in [0.25, 0.3) is 0 Å². The molecule has 0 aliphatic carbocycles. The van der Waals surface area contributed by atoms with Gasteiger partial charge < -0.3 is 5.32 Å². The average Bonchev–Trinajstić information content (AvgIpc) is 2.34. The molecule has 0 aliphatic rings. The molecule has 108 valence electrons. The summed E-state index contributed by atoms with van der Waals surface area (Å²) in [5.74, 6) is 0.699. The highest BCUT2D eigenvalue weighted by atomic mass is 19.4. The quantitative estimate of drug-likeness (QED) is 0.827. The van der Waals surface area contributed by atoms with Gasteiger partial charge in [0.2, 0.25) is 0 Å². The van der Waals surface area contributed by atoms with Gasteiger partial charge in [-0.1, -0.05) is 20.8 Å². The maximum absolute atomic E-state index is 12.8. The number of aromatic nitrogens is 1. The molecule has 2 nitrogen and oxygen atoms in total. The van der Waals surface area contributed by atoms with E-state index in [0.29, 0.717) is 16.7 Å². The van der Waals surface area contributed by atoms with E-state index in [2.05, 4.69) is 10.3 Å². The maximum atomic E-state index is 12.8. The first-order valence-corrected chi connectivity index (χ1v) is 6.33. The number of fused-ring (bicyclic) bond motifs is 1. The molecule has 0 amide bonds. The Morgan fingerprint density at radius 2 is 1.70 bits per heavy atom. The first kappa shape index (κ1) is 14.6. The summed E-state index contributed by atoms with van der Waals surface area (Å²) < 4.78 is 38.3. The summed E-state index contributed by atoms with van der Waals surface area (Å²) in [6, 6.07) is 5.40. The highest BCUT2D eigenvalue weighted by molar-refractivity contribution is 5.83. The van der Waals surface area contributed by atoms with Gasteiger partial charge in [0, 0.05) is 18.0 Å². The van der Waals surface area contributed by atoms with Crippen molar-refractivity contribution >= 4 is 16.7 Å². The molecule has 2 rings (SSSR count). The number of rotatable bonds is 1. The summed E-state index contributed by atoms with van der Waals surface area (Å²) in [6.45, 7) is 6.01. The molecule has 1 heterocycles. The SMILES string of the molecule is CNc1nc2ccc(C(F)(F)F)cc2cc1C(C)(C)C. The van der Waals surface area contributed by atoms with Crippen LogP contribution >= 0.6 is 0 Å². The molecule has 1 N–H and O–H groups in total. The molecule has 0 saturated carbocycles. The van der Waals surface area contributed by atoms with Crippen LogP contribution in [0.4, 0.5) is 19.0 Å². The molecule has 5 heteroatoms. The summed E-state index contributed by atoms with van der Waals surface area (Å²) in [7, 11) is 1.76. The number of alkyl halides is 3. The van der Waals surface area contributed by atoms with Crippen molar-refractivity contribution in [2.24, 2.45) is 0 Å². The van der Waals surface area contributed by atoms with Crippen molar-refractivity contribution in [3.63, 3.8) is 0 Å². The van der Waals surface area contributed by atoms with Gasteiger partial charge in [-0.2, -0.15) is 13.2 Å². The minimum Gasteiger partial charge on any atom is -0.373 e. The number of halogens is 3. The first-order valence-electron chi connectivity index (χ1n) is 6.33. The molecule has 1 aromatic heterocycles. The predicted molar refractivity (Wildman–Crippen MR) is 75.0 cm³/mol. The Morgan fingerprint density at radius 3 is 2.20 bits per heavy atom. The maximum Gasteiger partial charge on any atom is 0.416 e. The van der Waals surface area contributed by atoms with E-state index in [9.17, 15) is 13.2 Å². The van der Waals surface area contributed by atoms with Crippen molar-refractivity contribution in [2.75, 3.05) is 12.4 Å². The summed E-state index contributed by atoms with van der Waals surface area (Å²) in [5.41, 5.74) is 0.597. The predicted octanol–water partition coefficient (Wildman–Crippen LogP) is 4.59. The third-order valence-electron chi connectivity index (χ3n) is 3.19. The third-order valence-corrected chi connectivity index (χ3v) is 3.19. The smallest absolute Gasteiger partial charge is 0.373 e. The Morgan fingerprint density at radius 1 is 1.05 bits per heavy atom. The minimum absolute atomic E-state index is 0.201. The van der Waals surface area contributed by atoms with Crippen LogP contribution in [-0.4, -0.2) is 12.0 Å². The van der Waals surface area contributed by atoms with Crippen LogP contribution in [0.2, 0.25) is 0 Å². The van der Waals surface area contributed by atoms with Crippen molar-refractivity contribution in [3.05, 3.63) is 35.4 Å². The van der Waals surface area contributed by atoms with Gasteiger partial charge in [-0.05, 0) is 29.7 Å². The molecule has 0 unspecified atom stereocenters. The van der Waals surface area contributed by atoms with E-state index in [4.69, 9.17) is 0 Å². The summed E-state index contributed by atoms with van der Waals surface area (Å²) in [4.78, 5) is 4.40. The fourth-order valence-electron chi connectivity index (χ4n) is 2.12. The Bertz CT molecular complexity index is 640. The fourth-order valence-corrected chi connectivity index (χ4v) is 2.12. The van der Waals surface area contributed by atoms with Crippen LogP contribution in [0.15, 0.2) is 24.3 Å². The van der Waals surface area contributed by atoms with Crippen LogP contribution in [0.1, 0.15) is 31.9 Å². The van der Waals surface area contributed by atoms with Gasteiger partial charge in [0.05, 0.1) is 11.1 Å². The van der Waals surface area contributed by atoms with E-state index < -0.39 is 11.7 Å². The van der Waals surface area contributed by atoms with Crippen molar-refractivity contribution in [1.82, 2.24) is 4.98 Å². The highest BCUT2D eigenvalue weighted by Crippen LogP contribution is 2.34. The lowest BCUT2D eigenvalue weighted by atomic mass is 9.86. The zero-order chi connectivity index (χ0) is 15.1. The van der Waals surface area contributed by atoms with Gasteiger partial charge in [-0.25, -0.2) is 4.98 Å². The van der Waals surface area contributed by atoms with Gasteiger partial charge >= 0.3 is 6.18 Å². The Hall–Kier alpha value is -1.78. The van der Waals surface area contributed by atoms with Crippen molar-refractivity contribution in [1.29, 1.82) is 0 Å². The number of anilines is 1. The lowest BCUT2D eigenvalue weighted by molar-refractivity contribution is -0.137. The Balaban J connectivity index is 2.70. The number of nitrogens with zero attached hydrogens (tertiary/aromatic N) is 1. The molecule has 0 fully saturated rings. The van der Waals surface area contributed by atoms with Crippen molar-refractivity contribution in [3.8, 4) is 0 Å². The van der Waals surface area contributed by atoms with E-state index in [-0.39, 0.29) is 5.41 Å². The number of hydrogen-bond donors (Lipinski definition) is 1. The zero-order valence-electron chi connectivity index (χ0n) is 11.9. The fraction of sp³-hybridized carbons (Fsp3) is 0.400. The van der Waals surface area contributed by atoms with Gasteiger partial charge in [0.15, 0.2) is 0 Å². The van der Waals surface area contributed by atoms with E-state index in [0.717, 1.165) is 17.7 Å². The van der Waals surface area contributed by atoms with Crippen LogP contribution < -0.4 is 5.32 Å². The van der Waals surface area contributed by atoms with Crippen LogP contribution in [0, 0.1) is 0 Å². The van der Waals surface area contributed by atoms with Gasteiger partial charge in [-0.3, -0.25) is 0 Å². The lowest BCUT2D eigenvalue weighted by Gasteiger charge is -2.22. The molecule has 0 bridgehead atoms. The highest BCUT2D eigenvalue weighted by Gasteiger charge is 2.30. The molecule has 2 aromatic rings. The first-order chi connectivity index (χ1) is 9.13. The second-order valence-electron chi connectivity index (χ2n) is 5.79. The molecule has 0 atom stereocenters. The molecule has 20 heavy (non-hydrogen) atoms. The van der Waals surface area contributed by atoms with E-state index in [1.54, 1.807) is 13.1 Å². The normalized spacial score (nSPS) is 12.8. The molecule has 1 aromatic carbocycles. The zero-order valence-corrected chi connectivity index (χ0v) is 11.9. The van der Waals surface area contributed by atoms with Crippen LogP contribution in [0.25, 0.3) is 10.9 Å². The summed E-state index contributed by atoms with van der Waals surface area (Å²) in [5, 5.41) is 3.51.